The van der Waals surface area contributed by atoms with Crippen molar-refractivity contribution in [3.63, 3.8) is 0 Å². The van der Waals surface area contributed by atoms with Gasteiger partial charge in [-0.1, -0.05) is 18.2 Å². The average molecular weight is 322 g/mol. The number of methoxy groups -OCH3 is 1. The molecule has 3 nitrogen and oxygen atoms in total. The minimum absolute atomic E-state index is 0.328. The van der Waals surface area contributed by atoms with Crippen LogP contribution in [0.5, 0.6) is 5.75 Å². The molecule has 0 bridgehead atoms. The molecule has 1 heterocycles. The lowest BCUT2D eigenvalue weighted by Gasteiger charge is -2.36. The van der Waals surface area contributed by atoms with Gasteiger partial charge in [-0.05, 0) is 18.2 Å². The van der Waals surface area contributed by atoms with Gasteiger partial charge in [-0.15, -0.1) is 0 Å². The Labute approximate surface area is 121 Å². The van der Waals surface area contributed by atoms with Crippen LogP contribution in [0.4, 0.5) is 22.0 Å². The molecule has 1 atom stereocenters. The summed E-state index contributed by atoms with van der Waals surface area (Å²) in [6.07, 6.45) is -5.11. The number of furan rings is 1. The van der Waals surface area contributed by atoms with Gasteiger partial charge in [0.05, 0.1) is 13.4 Å². The van der Waals surface area contributed by atoms with Crippen LogP contribution < -0.4 is 4.74 Å². The van der Waals surface area contributed by atoms with Crippen molar-refractivity contribution in [1.29, 1.82) is 0 Å². The fourth-order valence-electron chi connectivity index (χ4n) is 2.09. The number of rotatable bonds is 4. The molecule has 0 radical (unpaired) electrons. The Morgan fingerprint density at radius 2 is 1.64 bits per heavy atom. The van der Waals surface area contributed by atoms with Crippen LogP contribution in [0.25, 0.3) is 0 Å². The highest BCUT2D eigenvalue weighted by Crippen LogP contribution is 2.53. The van der Waals surface area contributed by atoms with Crippen molar-refractivity contribution in [2.75, 3.05) is 7.11 Å². The second kappa shape index (κ2) is 5.28. The molecule has 1 aromatic heterocycles. The summed E-state index contributed by atoms with van der Waals surface area (Å²) in [6, 6.07) is 6.60. The van der Waals surface area contributed by atoms with Gasteiger partial charge < -0.3 is 14.3 Å². The summed E-state index contributed by atoms with van der Waals surface area (Å²) in [4.78, 5) is 0. The first-order chi connectivity index (χ1) is 10.2. The Kier molecular flexibility index (Phi) is 3.90. The molecule has 0 saturated carbocycles. The Bertz CT molecular complexity index is 636. The van der Waals surface area contributed by atoms with Gasteiger partial charge in [0.1, 0.15) is 11.5 Å². The van der Waals surface area contributed by atoms with E-state index >= 15 is 0 Å². The van der Waals surface area contributed by atoms with Crippen LogP contribution in [-0.4, -0.2) is 24.3 Å². The molecule has 0 aliphatic carbocycles. The molecule has 0 spiro atoms. The highest BCUT2D eigenvalue weighted by molar-refractivity contribution is 5.44. The molecule has 1 N–H and O–H groups in total. The third-order valence-electron chi connectivity index (χ3n) is 3.18. The van der Waals surface area contributed by atoms with E-state index in [-0.39, 0.29) is 5.75 Å². The van der Waals surface area contributed by atoms with Crippen molar-refractivity contribution in [1.82, 2.24) is 0 Å². The van der Waals surface area contributed by atoms with E-state index in [4.69, 9.17) is 4.74 Å². The van der Waals surface area contributed by atoms with Crippen LogP contribution in [0, 0.1) is 0 Å². The van der Waals surface area contributed by atoms with Crippen molar-refractivity contribution >= 4 is 0 Å². The van der Waals surface area contributed by atoms with E-state index in [9.17, 15) is 27.1 Å². The third-order valence-corrected chi connectivity index (χ3v) is 3.18. The van der Waals surface area contributed by atoms with Crippen LogP contribution in [0.2, 0.25) is 0 Å². The minimum atomic E-state index is -6.00. The van der Waals surface area contributed by atoms with Crippen molar-refractivity contribution < 1.29 is 36.2 Å². The van der Waals surface area contributed by atoms with E-state index < -0.39 is 29.0 Å². The molecular weight excluding hydrogens is 311 g/mol. The van der Waals surface area contributed by atoms with E-state index in [1.807, 2.05) is 0 Å². The Hall–Kier alpha value is -2.09. The largest absolute Gasteiger partial charge is 0.496 e. The summed E-state index contributed by atoms with van der Waals surface area (Å²) in [6.45, 7) is 0. The topological polar surface area (TPSA) is 42.6 Å². The van der Waals surface area contributed by atoms with Crippen molar-refractivity contribution in [3.05, 3.63) is 54.0 Å². The summed E-state index contributed by atoms with van der Waals surface area (Å²) in [5.41, 5.74) is -4.52. The summed E-state index contributed by atoms with van der Waals surface area (Å²) in [5.74, 6) is -6.78. The van der Waals surface area contributed by atoms with Gasteiger partial charge >= 0.3 is 12.1 Å². The smallest absolute Gasteiger partial charge is 0.457 e. The van der Waals surface area contributed by atoms with E-state index in [0.717, 1.165) is 37.6 Å². The quantitative estimate of drug-likeness (QED) is 0.873. The van der Waals surface area contributed by atoms with Crippen LogP contribution in [0.15, 0.2) is 47.1 Å². The van der Waals surface area contributed by atoms with Crippen LogP contribution in [0.3, 0.4) is 0 Å². The third kappa shape index (κ3) is 2.23. The SMILES string of the molecule is COc1ccccc1C(O)(c1ccco1)C(F)(F)C(F)(F)F. The predicted octanol–water partition coefficient (Wildman–Crippen LogP) is 3.72. The zero-order valence-corrected chi connectivity index (χ0v) is 11.2. The second-order valence-corrected chi connectivity index (χ2v) is 4.46. The van der Waals surface area contributed by atoms with Gasteiger partial charge in [-0.2, -0.15) is 22.0 Å². The zero-order chi connectivity index (χ0) is 16.6. The lowest BCUT2D eigenvalue weighted by molar-refractivity contribution is -0.339. The molecule has 0 fully saturated rings. The van der Waals surface area contributed by atoms with Gasteiger partial charge in [0.2, 0.25) is 5.60 Å². The van der Waals surface area contributed by atoms with Crippen molar-refractivity contribution in [2.45, 2.75) is 17.7 Å². The summed E-state index contributed by atoms with van der Waals surface area (Å²) in [5, 5.41) is 10.4. The lowest BCUT2D eigenvalue weighted by Crippen LogP contribution is -2.55. The lowest BCUT2D eigenvalue weighted by atomic mass is 9.83. The molecule has 1 aromatic carbocycles. The highest BCUT2D eigenvalue weighted by Gasteiger charge is 2.73. The molecule has 0 aliphatic heterocycles. The maximum Gasteiger partial charge on any atom is 0.457 e. The van der Waals surface area contributed by atoms with Crippen LogP contribution in [0.1, 0.15) is 11.3 Å². The number of hydrogen-bond donors (Lipinski definition) is 1. The predicted molar refractivity (Wildman–Crippen MR) is 65.7 cm³/mol. The fraction of sp³-hybridized carbons (Fsp3) is 0.286. The number of alkyl halides is 5. The standard InChI is InChI=1S/C14H11F5O3/c1-21-10-6-3-2-5-9(10)12(20,11-7-4-8-22-11)13(15,16)14(17,18)19/h2-8,20H,1H3. The van der Waals surface area contributed by atoms with E-state index in [1.165, 1.54) is 12.1 Å². The molecule has 120 valence electrons. The Morgan fingerprint density at radius 1 is 1.00 bits per heavy atom. The molecule has 8 heteroatoms. The summed E-state index contributed by atoms with van der Waals surface area (Å²) < 4.78 is 76.1. The van der Waals surface area contributed by atoms with E-state index in [2.05, 4.69) is 4.42 Å². The molecule has 0 amide bonds. The van der Waals surface area contributed by atoms with E-state index in [1.54, 1.807) is 0 Å². The van der Waals surface area contributed by atoms with Gasteiger partial charge in [0, 0.05) is 5.56 Å². The molecule has 1 unspecified atom stereocenters. The maximum absolute atomic E-state index is 14.1. The second-order valence-electron chi connectivity index (χ2n) is 4.46. The molecule has 0 saturated heterocycles. The zero-order valence-electron chi connectivity index (χ0n) is 11.2. The van der Waals surface area contributed by atoms with Gasteiger partial charge in [0.25, 0.3) is 0 Å². The fourth-order valence-corrected chi connectivity index (χ4v) is 2.09. The number of para-hydroxylation sites is 1. The average Bonchev–Trinajstić information content (AvgIpc) is 2.99. The monoisotopic (exact) mass is 322 g/mol. The number of benzene rings is 1. The van der Waals surface area contributed by atoms with Crippen LogP contribution in [-0.2, 0) is 5.60 Å². The molecule has 22 heavy (non-hydrogen) atoms. The first-order valence-corrected chi connectivity index (χ1v) is 6.00. The summed E-state index contributed by atoms with van der Waals surface area (Å²) >= 11 is 0. The summed E-state index contributed by atoms with van der Waals surface area (Å²) in [7, 11) is 1.09. The van der Waals surface area contributed by atoms with E-state index in [0.29, 0.717) is 0 Å². The number of aliphatic hydroxyl groups is 1. The first kappa shape index (κ1) is 16.3. The molecule has 2 aromatic rings. The first-order valence-electron chi connectivity index (χ1n) is 6.00. The van der Waals surface area contributed by atoms with Crippen molar-refractivity contribution in [3.8, 4) is 5.75 Å². The Balaban J connectivity index is 2.78. The minimum Gasteiger partial charge on any atom is -0.496 e. The highest BCUT2D eigenvalue weighted by atomic mass is 19.4. The molecule has 0 aliphatic rings. The number of halogens is 5. The Morgan fingerprint density at radius 3 is 2.14 bits per heavy atom. The molecular formula is C14H11F5O3. The normalized spacial score (nSPS) is 15.4. The van der Waals surface area contributed by atoms with Gasteiger partial charge in [-0.25, -0.2) is 0 Å². The van der Waals surface area contributed by atoms with Gasteiger partial charge in [-0.3, -0.25) is 0 Å². The number of hydrogen-bond acceptors (Lipinski definition) is 3. The van der Waals surface area contributed by atoms with Gasteiger partial charge in [0.15, 0.2) is 0 Å². The van der Waals surface area contributed by atoms with Crippen molar-refractivity contribution in [2.24, 2.45) is 0 Å². The van der Waals surface area contributed by atoms with Crippen LogP contribution >= 0.6 is 0 Å². The molecule has 2 rings (SSSR count). The number of ether oxygens (including phenoxy) is 1. The maximum atomic E-state index is 14.1.